The first-order valence-electron chi connectivity index (χ1n) is 8.56. The molecule has 1 aromatic carbocycles. The van der Waals surface area contributed by atoms with Crippen molar-refractivity contribution < 1.29 is 22.7 Å². The lowest BCUT2D eigenvalue weighted by atomic mass is 10.1. The molecule has 2 atom stereocenters. The van der Waals surface area contributed by atoms with Crippen LogP contribution in [-0.4, -0.2) is 58.1 Å². The van der Waals surface area contributed by atoms with Gasteiger partial charge in [-0.2, -0.15) is 4.31 Å². The van der Waals surface area contributed by atoms with Crippen LogP contribution in [0, 0.1) is 5.92 Å². The Morgan fingerprint density at radius 2 is 2.19 bits per heavy atom. The van der Waals surface area contributed by atoms with E-state index in [1.807, 2.05) is 7.05 Å². The first kappa shape index (κ1) is 21.0. The fraction of sp³-hybridized carbons (Fsp3) is 0.588. The zero-order valence-corrected chi connectivity index (χ0v) is 16.6. The third-order valence-electron chi connectivity index (χ3n) is 4.64. The van der Waals surface area contributed by atoms with Crippen LogP contribution in [-0.2, 0) is 26.0 Å². The molecule has 146 valence electrons. The monoisotopic (exact) mass is 404 g/mol. The molecule has 9 heteroatoms. The minimum absolute atomic E-state index is 0. The number of sulfonamides is 1. The van der Waals surface area contributed by atoms with Crippen molar-refractivity contribution >= 4 is 28.4 Å². The molecule has 1 aromatic rings. The molecule has 1 N–H and O–H groups in total. The van der Waals surface area contributed by atoms with Crippen LogP contribution >= 0.6 is 12.4 Å². The maximum Gasteiger partial charge on any atom is 0.347 e. The number of nitrogens with one attached hydrogen (secondary N) is 1. The molecule has 1 saturated heterocycles. The fourth-order valence-corrected chi connectivity index (χ4v) is 4.95. The standard InChI is InChI=1S/C17H24N2O5S.ClH/c1-3-23-17(20)16-9-13-8-14(4-5-15(13)24-16)25(21,22)19-7-6-12(11-19)10-18-2;/h4-5,8,12,16,18H,3,6-7,9-11H2,1-2H3;1H. The second-order valence-electron chi connectivity index (χ2n) is 6.41. The van der Waals surface area contributed by atoms with Gasteiger partial charge in [0.1, 0.15) is 5.75 Å². The van der Waals surface area contributed by atoms with Crippen LogP contribution in [0.15, 0.2) is 23.1 Å². The Bertz CT molecular complexity index is 756. The van der Waals surface area contributed by atoms with E-state index in [1.54, 1.807) is 25.1 Å². The topological polar surface area (TPSA) is 84.9 Å². The maximum atomic E-state index is 12.9. The predicted octanol–water partition coefficient (Wildman–Crippen LogP) is 1.21. The van der Waals surface area contributed by atoms with Crippen molar-refractivity contribution in [3.63, 3.8) is 0 Å². The third-order valence-corrected chi connectivity index (χ3v) is 6.50. The summed E-state index contributed by atoms with van der Waals surface area (Å²) in [5.41, 5.74) is 0.727. The summed E-state index contributed by atoms with van der Waals surface area (Å²) in [7, 11) is -1.65. The summed E-state index contributed by atoms with van der Waals surface area (Å²) >= 11 is 0. The second kappa shape index (κ2) is 8.56. The van der Waals surface area contributed by atoms with Crippen LogP contribution in [0.2, 0.25) is 0 Å². The molecule has 0 saturated carbocycles. The van der Waals surface area contributed by atoms with Crippen LogP contribution in [0.1, 0.15) is 18.9 Å². The average Bonchev–Trinajstić information content (AvgIpc) is 3.21. The van der Waals surface area contributed by atoms with Gasteiger partial charge in [0.05, 0.1) is 11.5 Å². The number of hydrogen-bond acceptors (Lipinski definition) is 6. The van der Waals surface area contributed by atoms with Gasteiger partial charge in [-0.1, -0.05) is 0 Å². The van der Waals surface area contributed by atoms with Crippen LogP contribution in [0.25, 0.3) is 0 Å². The van der Waals surface area contributed by atoms with Gasteiger partial charge in [-0.25, -0.2) is 13.2 Å². The number of carbonyl (C=O) groups is 1. The number of ether oxygens (including phenoxy) is 2. The summed E-state index contributed by atoms with van der Waals surface area (Å²) in [5, 5.41) is 3.10. The second-order valence-corrected chi connectivity index (χ2v) is 8.35. The molecule has 1 fully saturated rings. The van der Waals surface area contributed by atoms with Crippen molar-refractivity contribution in [2.75, 3.05) is 33.3 Å². The van der Waals surface area contributed by atoms with Crippen molar-refractivity contribution in [1.82, 2.24) is 9.62 Å². The number of esters is 1. The van der Waals surface area contributed by atoms with Crippen molar-refractivity contribution in [3.8, 4) is 5.75 Å². The summed E-state index contributed by atoms with van der Waals surface area (Å²) in [5.74, 6) is 0.467. The Morgan fingerprint density at radius 1 is 1.42 bits per heavy atom. The number of halogens is 1. The van der Waals surface area contributed by atoms with E-state index in [0.717, 1.165) is 18.5 Å². The van der Waals surface area contributed by atoms with E-state index in [2.05, 4.69) is 5.32 Å². The number of fused-ring (bicyclic) bond motifs is 1. The van der Waals surface area contributed by atoms with Gasteiger partial charge in [0.25, 0.3) is 0 Å². The Hall–Kier alpha value is -1.35. The normalized spacial score (nSPS) is 22.4. The highest BCUT2D eigenvalue weighted by atomic mass is 35.5. The molecule has 2 aliphatic heterocycles. The van der Waals surface area contributed by atoms with Crippen LogP contribution in [0.5, 0.6) is 5.75 Å². The average molecular weight is 405 g/mol. The molecule has 2 aliphatic rings. The Balaban J connectivity index is 0.00000243. The number of benzene rings is 1. The zero-order valence-electron chi connectivity index (χ0n) is 14.9. The van der Waals surface area contributed by atoms with Crippen molar-refractivity contribution in [2.45, 2.75) is 30.8 Å². The Labute approximate surface area is 160 Å². The van der Waals surface area contributed by atoms with E-state index < -0.39 is 22.1 Å². The summed E-state index contributed by atoms with van der Waals surface area (Å²) < 4.78 is 37.8. The summed E-state index contributed by atoms with van der Waals surface area (Å²) in [6.45, 7) is 3.90. The Morgan fingerprint density at radius 3 is 2.88 bits per heavy atom. The molecule has 7 nitrogen and oxygen atoms in total. The molecular formula is C17H25ClN2O5S. The summed E-state index contributed by atoms with van der Waals surface area (Å²) in [6, 6.07) is 4.80. The van der Waals surface area contributed by atoms with E-state index in [-0.39, 0.29) is 23.9 Å². The smallest absolute Gasteiger partial charge is 0.347 e. The molecular weight excluding hydrogens is 380 g/mol. The van der Waals surface area contributed by atoms with Gasteiger partial charge in [-0.15, -0.1) is 12.4 Å². The van der Waals surface area contributed by atoms with Crippen molar-refractivity contribution in [2.24, 2.45) is 5.92 Å². The van der Waals surface area contributed by atoms with Crippen molar-refractivity contribution in [1.29, 1.82) is 0 Å². The number of nitrogens with zero attached hydrogens (tertiary/aromatic N) is 1. The molecule has 3 rings (SSSR count). The van der Waals surface area contributed by atoms with Gasteiger partial charge in [-0.3, -0.25) is 0 Å². The minimum atomic E-state index is -3.53. The predicted molar refractivity (Wildman–Crippen MR) is 99.2 cm³/mol. The van der Waals surface area contributed by atoms with E-state index in [4.69, 9.17) is 9.47 Å². The van der Waals surface area contributed by atoms with Gasteiger partial charge in [0, 0.05) is 19.5 Å². The SMILES string of the molecule is CCOC(=O)C1Cc2cc(S(=O)(=O)N3CCC(CNC)C3)ccc2O1.Cl. The Kier molecular flexibility index (Phi) is 6.90. The molecule has 0 radical (unpaired) electrons. The highest BCUT2D eigenvalue weighted by Gasteiger charge is 2.35. The highest BCUT2D eigenvalue weighted by Crippen LogP contribution is 2.33. The zero-order chi connectivity index (χ0) is 18.0. The van der Waals surface area contributed by atoms with E-state index in [0.29, 0.717) is 31.2 Å². The molecule has 0 aliphatic carbocycles. The molecule has 0 aromatic heterocycles. The first-order chi connectivity index (χ1) is 12.0. The van der Waals surface area contributed by atoms with Gasteiger partial charge >= 0.3 is 5.97 Å². The van der Waals surface area contributed by atoms with Gasteiger partial charge in [0.2, 0.25) is 10.0 Å². The number of rotatable bonds is 6. The summed E-state index contributed by atoms with van der Waals surface area (Å²) in [6.07, 6.45) is 0.499. The van der Waals surface area contributed by atoms with Gasteiger partial charge in [-0.05, 0) is 56.6 Å². The lowest BCUT2D eigenvalue weighted by molar-refractivity contribution is -0.150. The van der Waals surface area contributed by atoms with E-state index in [9.17, 15) is 13.2 Å². The molecule has 0 spiro atoms. The maximum absolute atomic E-state index is 12.9. The molecule has 0 amide bonds. The molecule has 2 heterocycles. The molecule has 26 heavy (non-hydrogen) atoms. The van der Waals surface area contributed by atoms with E-state index >= 15 is 0 Å². The third kappa shape index (κ3) is 4.14. The van der Waals surface area contributed by atoms with Gasteiger partial charge < -0.3 is 14.8 Å². The van der Waals surface area contributed by atoms with E-state index in [1.165, 1.54) is 4.31 Å². The summed E-state index contributed by atoms with van der Waals surface area (Å²) in [4.78, 5) is 12.1. The number of carbonyl (C=O) groups excluding carboxylic acids is 1. The lowest BCUT2D eigenvalue weighted by Gasteiger charge is -2.17. The fourth-order valence-electron chi connectivity index (χ4n) is 3.37. The minimum Gasteiger partial charge on any atom is -0.478 e. The lowest BCUT2D eigenvalue weighted by Crippen LogP contribution is -2.30. The van der Waals surface area contributed by atoms with Gasteiger partial charge in [0.15, 0.2) is 6.10 Å². The molecule has 2 unspecified atom stereocenters. The quantitative estimate of drug-likeness (QED) is 0.717. The van der Waals surface area contributed by atoms with Crippen LogP contribution in [0.3, 0.4) is 0 Å². The van der Waals surface area contributed by atoms with Crippen LogP contribution < -0.4 is 10.1 Å². The van der Waals surface area contributed by atoms with Crippen molar-refractivity contribution in [3.05, 3.63) is 23.8 Å². The number of hydrogen-bond donors (Lipinski definition) is 1. The largest absolute Gasteiger partial charge is 0.478 e. The van der Waals surface area contributed by atoms with Crippen LogP contribution in [0.4, 0.5) is 0 Å². The first-order valence-corrected chi connectivity index (χ1v) is 10.0. The molecule has 0 bridgehead atoms. The highest BCUT2D eigenvalue weighted by molar-refractivity contribution is 7.89.